The van der Waals surface area contributed by atoms with Gasteiger partial charge in [-0.3, -0.25) is 24.6 Å². The van der Waals surface area contributed by atoms with Gasteiger partial charge in [-0.1, -0.05) is 18.2 Å². The van der Waals surface area contributed by atoms with Gasteiger partial charge in [0.25, 0.3) is 11.6 Å². The SMILES string of the molecule is Cc1cccc2cc([N+](=O)[O-])cc(C(=O)N(C)C=O)c12. The van der Waals surface area contributed by atoms with E-state index in [1.807, 2.05) is 13.0 Å². The predicted octanol–water partition coefficient (Wildman–Crippen LogP) is 2.28. The average molecular weight is 272 g/mol. The van der Waals surface area contributed by atoms with Crippen LogP contribution in [0.4, 0.5) is 5.69 Å². The van der Waals surface area contributed by atoms with E-state index in [0.29, 0.717) is 17.2 Å². The number of non-ortho nitro benzene ring substituents is 1. The quantitative estimate of drug-likeness (QED) is 0.487. The molecule has 2 rings (SSSR count). The van der Waals surface area contributed by atoms with Crippen molar-refractivity contribution in [3.63, 3.8) is 0 Å². The lowest BCUT2D eigenvalue weighted by atomic mass is 9.98. The fraction of sp³-hybridized carbons (Fsp3) is 0.143. The number of carbonyl (C=O) groups is 2. The maximum atomic E-state index is 12.2. The number of carbonyl (C=O) groups excluding carboxylic acids is 2. The smallest absolute Gasteiger partial charge is 0.270 e. The van der Waals surface area contributed by atoms with Crippen molar-refractivity contribution in [2.75, 3.05) is 7.05 Å². The van der Waals surface area contributed by atoms with Crippen molar-refractivity contribution in [1.82, 2.24) is 4.90 Å². The first-order valence-corrected chi connectivity index (χ1v) is 5.86. The Hall–Kier alpha value is -2.76. The molecule has 0 aliphatic rings. The summed E-state index contributed by atoms with van der Waals surface area (Å²) in [5, 5.41) is 12.2. The van der Waals surface area contributed by atoms with E-state index >= 15 is 0 Å². The molecular formula is C14H12N2O4. The summed E-state index contributed by atoms with van der Waals surface area (Å²) >= 11 is 0. The molecule has 0 saturated carbocycles. The molecule has 20 heavy (non-hydrogen) atoms. The number of nitrogens with zero attached hydrogens (tertiary/aromatic N) is 2. The fourth-order valence-corrected chi connectivity index (χ4v) is 2.11. The molecule has 2 aromatic rings. The van der Waals surface area contributed by atoms with Crippen LogP contribution in [0.5, 0.6) is 0 Å². The predicted molar refractivity (Wildman–Crippen MR) is 73.5 cm³/mol. The van der Waals surface area contributed by atoms with Crippen LogP contribution in [0.15, 0.2) is 30.3 Å². The van der Waals surface area contributed by atoms with Gasteiger partial charge in [0, 0.05) is 19.2 Å². The fourth-order valence-electron chi connectivity index (χ4n) is 2.11. The van der Waals surface area contributed by atoms with Crippen molar-refractivity contribution < 1.29 is 14.5 Å². The first-order valence-electron chi connectivity index (χ1n) is 5.86. The van der Waals surface area contributed by atoms with Gasteiger partial charge in [0.1, 0.15) is 0 Å². The van der Waals surface area contributed by atoms with E-state index in [1.54, 1.807) is 12.1 Å². The van der Waals surface area contributed by atoms with Crippen LogP contribution in [0.1, 0.15) is 15.9 Å². The second kappa shape index (κ2) is 5.08. The first kappa shape index (κ1) is 13.7. The number of imide groups is 1. The maximum absolute atomic E-state index is 12.2. The number of hydrogen-bond acceptors (Lipinski definition) is 4. The summed E-state index contributed by atoms with van der Waals surface area (Å²) in [6.45, 7) is 1.81. The number of hydrogen-bond donors (Lipinski definition) is 0. The summed E-state index contributed by atoms with van der Waals surface area (Å²) in [6.07, 6.45) is 0.380. The molecule has 0 heterocycles. The summed E-state index contributed by atoms with van der Waals surface area (Å²) in [6, 6.07) is 7.90. The molecule has 0 radical (unpaired) electrons. The van der Waals surface area contributed by atoms with E-state index in [-0.39, 0.29) is 11.3 Å². The third kappa shape index (κ3) is 2.23. The summed E-state index contributed by atoms with van der Waals surface area (Å²) in [5.74, 6) is -0.567. The van der Waals surface area contributed by atoms with Crippen LogP contribution in [0.3, 0.4) is 0 Å². The Morgan fingerprint density at radius 3 is 2.65 bits per heavy atom. The van der Waals surface area contributed by atoms with E-state index in [9.17, 15) is 19.7 Å². The molecule has 2 aromatic carbocycles. The molecule has 0 aromatic heterocycles. The van der Waals surface area contributed by atoms with Crippen LogP contribution < -0.4 is 0 Å². The molecule has 0 spiro atoms. The Balaban J connectivity index is 2.82. The lowest BCUT2D eigenvalue weighted by Gasteiger charge is -2.12. The van der Waals surface area contributed by atoms with Gasteiger partial charge in [0.15, 0.2) is 0 Å². The topological polar surface area (TPSA) is 80.5 Å². The highest BCUT2D eigenvalue weighted by Crippen LogP contribution is 2.28. The highest BCUT2D eigenvalue weighted by Gasteiger charge is 2.20. The van der Waals surface area contributed by atoms with Crippen LogP contribution in [-0.2, 0) is 4.79 Å². The van der Waals surface area contributed by atoms with Gasteiger partial charge in [-0.2, -0.15) is 0 Å². The number of fused-ring (bicyclic) bond motifs is 1. The highest BCUT2D eigenvalue weighted by atomic mass is 16.6. The zero-order valence-electron chi connectivity index (χ0n) is 11.0. The largest absolute Gasteiger partial charge is 0.284 e. The second-order valence-corrected chi connectivity index (χ2v) is 4.44. The molecular weight excluding hydrogens is 260 g/mol. The Bertz CT molecular complexity index is 724. The second-order valence-electron chi connectivity index (χ2n) is 4.44. The van der Waals surface area contributed by atoms with Crippen molar-refractivity contribution in [1.29, 1.82) is 0 Å². The highest BCUT2D eigenvalue weighted by molar-refractivity contribution is 6.11. The minimum atomic E-state index is -0.567. The molecule has 0 N–H and O–H groups in total. The number of aryl methyl sites for hydroxylation is 1. The van der Waals surface area contributed by atoms with Crippen molar-refractivity contribution in [2.45, 2.75) is 6.92 Å². The summed E-state index contributed by atoms with van der Waals surface area (Å²) in [5.41, 5.74) is 0.799. The van der Waals surface area contributed by atoms with E-state index < -0.39 is 10.8 Å². The van der Waals surface area contributed by atoms with E-state index in [0.717, 1.165) is 10.5 Å². The monoisotopic (exact) mass is 272 g/mol. The lowest BCUT2D eigenvalue weighted by molar-refractivity contribution is -0.384. The number of nitro groups is 1. The molecule has 6 nitrogen and oxygen atoms in total. The third-order valence-corrected chi connectivity index (χ3v) is 3.09. The van der Waals surface area contributed by atoms with E-state index in [2.05, 4.69) is 0 Å². The number of benzene rings is 2. The van der Waals surface area contributed by atoms with Crippen molar-refractivity contribution >= 4 is 28.8 Å². The summed E-state index contributed by atoms with van der Waals surface area (Å²) in [4.78, 5) is 34.2. The van der Waals surface area contributed by atoms with Gasteiger partial charge in [-0.05, 0) is 23.3 Å². The minimum Gasteiger partial charge on any atom is -0.284 e. The van der Waals surface area contributed by atoms with Gasteiger partial charge in [-0.15, -0.1) is 0 Å². The molecule has 102 valence electrons. The zero-order valence-corrected chi connectivity index (χ0v) is 11.0. The van der Waals surface area contributed by atoms with Crippen molar-refractivity contribution in [3.05, 3.63) is 51.6 Å². The standard InChI is InChI=1S/C14H12N2O4/c1-9-4-3-5-10-6-11(16(19)20)7-12(13(9)10)14(18)15(2)8-17/h3-8H,1-2H3. The Morgan fingerprint density at radius 2 is 2.05 bits per heavy atom. The lowest BCUT2D eigenvalue weighted by Crippen LogP contribution is -2.25. The number of nitro benzene ring substituents is 1. The Kier molecular flexibility index (Phi) is 3.47. The molecule has 0 saturated heterocycles. The summed E-state index contributed by atoms with van der Waals surface area (Å²) < 4.78 is 0. The zero-order chi connectivity index (χ0) is 14.9. The summed E-state index contributed by atoms with van der Waals surface area (Å²) in [7, 11) is 1.32. The Labute approximate surface area is 114 Å². The molecule has 0 bridgehead atoms. The van der Waals surface area contributed by atoms with E-state index in [4.69, 9.17) is 0 Å². The van der Waals surface area contributed by atoms with Crippen LogP contribution >= 0.6 is 0 Å². The molecule has 0 unspecified atom stereocenters. The van der Waals surface area contributed by atoms with Gasteiger partial charge in [0.2, 0.25) is 6.41 Å². The Morgan fingerprint density at radius 1 is 1.35 bits per heavy atom. The van der Waals surface area contributed by atoms with Gasteiger partial charge >= 0.3 is 0 Å². The third-order valence-electron chi connectivity index (χ3n) is 3.09. The van der Waals surface area contributed by atoms with Crippen LogP contribution in [0, 0.1) is 17.0 Å². The van der Waals surface area contributed by atoms with Gasteiger partial charge in [0.05, 0.1) is 10.5 Å². The van der Waals surface area contributed by atoms with Crippen LogP contribution in [0.25, 0.3) is 10.8 Å². The maximum Gasteiger partial charge on any atom is 0.270 e. The van der Waals surface area contributed by atoms with Crippen molar-refractivity contribution in [3.8, 4) is 0 Å². The van der Waals surface area contributed by atoms with Crippen molar-refractivity contribution in [2.24, 2.45) is 0 Å². The molecule has 0 fully saturated rings. The number of amides is 2. The van der Waals surface area contributed by atoms with Crippen LogP contribution in [-0.4, -0.2) is 29.2 Å². The molecule has 6 heteroatoms. The van der Waals surface area contributed by atoms with Gasteiger partial charge < -0.3 is 0 Å². The minimum absolute atomic E-state index is 0.155. The normalized spacial score (nSPS) is 10.3. The van der Waals surface area contributed by atoms with Crippen LogP contribution in [0.2, 0.25) is 0 Å². The first-order chi connectivity index (χ1) is 9.45. The molecule has 2 amide bonds. The molecule has 0 atom stereocenters. The average Bonchev–Trinajstić information content (AvgIpc) is 2.44. The van der Waals surface area contributed by atoms with E-state index in [1.165, 1.54) is 19.2 Å². The van der Waals surface area contributed by atoms with Gasteiger partial charge in [-0.25, -0.2) is 0 Å². The number of rotatable bonds is 3. The molecule has 0 aliphatic carbocycles. The molecule has 0 aliphatic heterocycles.